The second-order valence-corrected chi connectivity index (χ2v) is 3.06. The van der Waals surface area contributed by atoms with Gasteiger partial charge in [0, 0.05) is 18.8 Å². The lowest BCUT2D eigenvalue weighted by molar-refractivity contribution is -0.118. The number of benzene rings is 1. The van der Waals surface area contributed by atoms with Crippen molar-refractivity contribution in [2.75, 3.05) is 31.7 Å². The fraction of sp³-hybridized carbons (Fsp3) is 0.462. The molecular formula is C13H21FN2O. The lowest BCUT2D eigenvalue weighted by Crippen LogP contribution is -2.48. The number of alkyl halides is 1. The molecule has 1 saturated heterocycles. The Morgan fingerprint density at radius 2 is 1.76 bits per heavy atom. The molecule has 1 N–H and O–H groups in total. The summed E-state index contributed by atoms with van der Waals surface area (Å²) in [5.41, 5.74) is 0.994. The van der Waals surface area contributed by atoms with E-state index in [-0.39, 0.29) is 5.91 Å². The first-order valence-corrected chi connectivity index (χ1v) is 5.82. The number of nitrogens with one attached hydrogen (secondary N) is 1. The van der Waals surface area contributed by atoms with E-state index in [2.05, 4.69) is 5.32 Å². The molecule has 17 heavy (non-hydrogen) atoms. The number of para-hydroxylation sites is 1. The van der Waals surface area contributed by atoms with Gasteiger partial charge in [-0.2, -0.15) is 0 Å². The molecule has 0 radical (unpaired) electrons. The molecule has 0 unspecified atom stereocenters. The van der Waals surface area contributed by atoms with E-state index in [4.69, 9.17) is 0 Å². The Labute approximate surface area is 103 Å². The minimum absolute atomic E-state index is 0.150. The second-order valence-electron chi connectivity index (χ2n) is 3.06. The Balaban J connectivity index is 0.000000581. The van der Waals surface area contributed by atoms with Crippen LogP contribution < -0.4 is 10.2 Å². The van der Waals surface area contributed by atoms with Gasteiger partial charge in [-0.1, -0.05) is 32.0 Å². The zero-order valence-electron chi connectivity index (χ0n) is 10.7. The highest BCUT2D eigenvalue weighted by Crippen LogP contribution is 2.13. The van der Waals surface area contributed by atoms with Crippen LogP contribution in [0.3, 0.4) is 0 Å². The molecule has 0 bridgehead atoms. The van der Waals surface area contributed by atoms with Gasteiger partial charge in [-0.15, -0.1) is 0 Å². The van der Waals surface area contributed by atoms with Crippen LogP contribution in [0.15, 0.2) is 30.3 Å². The Morgan fingerprint density at radius 3 is 2.29 bits per heavy atom. The van der Waals surface area contributed by atoms with E-state index in [1.807, 2.05) is 49.1 Å². The highest BCUT2D eigenvalue weighted by Gasteiger charge is 2.18. The Morgan fingerprint density at radius 1 is 1.18 bits per heavy atom. The highest BCUT2D eigenvalue weighted by molar-refractivity contribution is 5.95. The summed E-state index contributed by atoms with van der Waals surface area (Å²) < 4.78 is 9.50. The van der Waals surface area contributed by atoms with Gasteiger partial charge < -0.3 is 10.2 Å². The third-order valence-electron chi connectivity index (χ3n) is 2.16. The van der Waals surface area contributed by atoms with Crippen molar-refractivity contribution < 1.29 is 9.18 Å². The summed E-state index contributed by atoms with van der Waals surface area (Å²) in [4.78, 5) is 13.3. The fourth-order valence-corrected chi connectivity index (χ4v) is 1.49. The first-order chi connectivity index (χ1) is 8.38. The van der Waals surface area contributed by atoms with E-state index in [0.717, 1.165) is 18.8 Å². The molecule has 0 spiro atoms. The van der Waals surface area contributed by atoms with E-state index >= 15 is 0 Å². The molecule has 0 atom stereocenters. The fourth-order valence-electron chi connectivity index (χ4n) is 1.49. The number of carbonyl (C=O) groups excluding carboxylic acids is 1. The lowest BCUT2D eigenvalue weighted by Gasteiger charge is -2.27. The molecular weight excluding hydrogens is 219 g/mol. The van der Waals surface area contributed by atoms with E-state index in [1.54, 1.807) is 0 Å². The summed E-state index contributed by atoms with van der Waals surface area (Å²) in [6.07, 6.45) is 0. The van der Waals surface area contributed by atoms with Crippen molar-refractivity contribution in [3.05, 3.63) is 30.3 Å². The van der Waals surface area contributed by atoms with Crippen molar-refractivity contribution in [3.8, 4) is 0 Å². The number of halogens is 1. The van der Waals surface area contributed by atoms with E-state index in [1.165, 1.54) is 0 Å². The molecule has 0 saturated carbocycles. The second kappa shape index (κ2) is 9.78. The van der Waals surface area contributed by atoms with Crippen LogP contribution in [-0.4, -0.2) is 32.7 Å². The van der Waals surface area contributed by atoms with Gasteiger partial charge >= 0.3 is 0 Å². The van der Waals surface area contributed by atoms with Gasteiger partial charge in [-0.05, 0) is 12.1 Å². The van der Waals surface area contributed by atoms with Crippen LogP contribution in [0.5, 0.6) is 0 Å². The number of amides is 1. The summed E-state index contributed by atoms with van der Waals surface area (Å²) in [7, 11) is 0.500. The molecule has 4 heteroatoms. The molecule has 1 fully saturated rings. The van der Waals surface area contributed by atoms with Gasteiger partial charge in [0.15, 0.2) is 0 Å². The monoisotopic (exact) mass is 240 g/mol. The Bertz CT molecular complexity index is 304. The maximum Gasteiger partial charge on any atom is 0.240 e. The average Bonchev–Trinajstić information content (AvgIpc) is 2.45. The molecule has 96 valence electrons. The Kier molecular flexibility index (Phi) is 8.96. The van der Waals surface area contributed by atoms with Crippen molar-refractivity contribution in [1.29, 1.82) is 0 Å². The van der Waals surface area contributed by atoms with Crippen molar-refractivity contribution in [2.45, 2.75) is 13.8 Å². The maximum atomic E-state index is 11.5. The molecule has 1 aromatic carbocycles. The first kappa shape index (κ1) is 15.6. The Hall–Kier alpha value is -1.42. The molecule has 1 aliphatic heterocycles. The summed E-state index contributed by atoms with van der Waals surface area (Å²) in [5.74, 6) is 0.150. The third kappa shape index (κ3) is 4.95. The van der Waals surface area contributed by atoms with E-state index in [0.29, 0.717) is 13.7 Å². The SMILES string of the molecule is CC.CF.O=C1CNCCN1c1ccccc1. The molecule has 2 rings (SSSR count). The van der Waals surface area contributed by atoms with E-state index in [9.17, 15) is 9.18 Å². The van der Waals surface area contributed by atoms with Crippen LogP contribution in [0.2, 0.25) is 0 Å². The summed E-state index contributed by atoms with van der Waals surface area (Å²) in [5, 5.41) is 3.04. The molecule has 1 heterocycles. The zero-order valence-corrected chi connectivity index (χ0v) is 10.7. The number of piperazine rings is 1. The first-order valence-electron chi connectivity index (χ1n) is 5.82. The quantitative estimate of drug-likeness (QED) is 0.816. The third-order valence-corrected chi connectivity index (χ3v) is 2.16. The van der Waals surface area contributed by atoms with Crippen LogP contribution in [0.4, 0.5) is 10.1 Å². The minimum Gasteiger partial charge on any atom is -0.310 e. The number of hydrogen-bond donors (Lipinski definition) is 1. The summed E-state index contributed by atoms with van der Waals surface area (Å²) in [6.45, 7) is 6.10. The van der Waals surface area contributed by atoms with Crippen LogP contribution in [0, 0.1) is 0 Å². The van der Waals surface area contributed by atoms with Crippen LogP contribution in [-0.2, 0) is 4.79 Å². The normalized spacial score (nSPS) is 14.1. The van der Waals surface area contributed by atoms with Crippen molar-refractivity contribution >= 4 is 11.6 Å². The van der Waals surface area contributed by atoms with Gasteiger partial charge in [-0.3, -0.25) is 9.18 Å². The summed E-state index contributed by atoms with van der Waals surface area (Å²) in [6, 6.07) is 9.78. The van der Waals surface area contributed by atoms with Crippen LogP contribution >= 0.6 is 0 Å². The topological polar surface area (TPSA) is 32.3 Å². The summed E-state index contributed by atoms with van der Waals surface area (Å²) >= 11 is 0. The maximum absolute atomic E-state index is 11.5. The van der Waals surface area contributed by atoms with Gasteiger partial charge in [0.25, 0.3) is 0 Å². The number of rotatable bonds is 1. The smallest absolute Gasteiger partial charge is 0.240 e. The van der Waals surface area contributed by atoms with Crippen molar-refractivity contribution in [2.24, 2.45) is 0 Å². The number of anilines is 1. The zero-order chi connectivity index (χ0) is 13.1. The molecule has 1 aliphatic rings. The van der Waals surface area contributed by atoms with Gasteiger partial charge in [0.1, 0.15) is 0 Å². The molecule has 0 aromatic heterocycles. The van der Waals surface area contributed by atoms with E-state index < -0.39 is 0 Å². The van der Waals surface area contributed by atoms with Crippen LogP contribution in [0.1, 0.15) is 13.8 Å². The van der Waals surface area contributed by atoms with Gasteiger partial charge in [0.05, 0.1) is 13.7 Å². The average molecular weight is 240 g/mol. The largest absolute Gasteiger partial charge is 0.310 e. The number of hydrogen-bond acceptors (Lipinski definition) is 2. The molecule has 0 aliphatic carbocycles. The number of carbonyl (C=O) groups is 1. The predicted octanol–water partition coefficient (Wildman–Crippen LogP) is 2.23. The molecule has 1 amide bonds. The van der Waals surface area contributed by atoms with Gasteiger partial charge in [-0.25, -0.2) is 0 Å². The minimum atomic E-state index is 0.150. The molecule has 1 aromatic rings. The van der Waals surface area contributed by atoms with Crippen molar-refractivity contribution in [1.82, 2.24) is 5.32 Å². The molecule has 3 nitrogen and oxygen atoms in total. The van der Waals surface area contributed by atoms with Crippen LogP contribution in [0.25, 0.3) is 0 Å². The van der Waals surface area contributed by atoms with Crippen molar-refractivity contribution in [3.63, 3.8) is 0 Å². The standard InChI is InChI=1S/C10H12N2O.C2H6.CH3F/c13-10-8-11-6-7-12(10)9-4-2-1-3-5-9;2*1-2/h1-5,11H,6-8H2;1-2H3;1H3. The number of nitrogens with zero attached hydrogens (tertiary/aromatic N) is 1. The lowest BCUT2D eigenvalue weighted by atomic mass is 10.2. The van der Waals surface area contributed by atoms with Gasteiger partial charge in [0.2, 0.25) is 5.91 Å². The predicted molar refractivity (Wildman–Crippen MR) is 70.0 cm³/mol. The highest BCUT2D eigenvalue weighted by atomic mass is 19.1.